The summed E-state index contributed by atoms with van der Waals surface area (Å²) in [4.78, 5) is 15.6. The second-order valence-corrected chi connectivity index (χ2v) is 8.63. The number of hydrogen-bond donors (Lipinski definition) is 1. The molecule has 4 aliphatic rings. The van der Waals surface area contributed by atoms with Gasteiger partial charge in [-0.3, -0.25) is 4.79 Å². The number of nitrogens with one attached hydrogen (secondary N) is 1. The van der Waals surface area contributed by atoms with E-state index in [9.17, 15) is 4.79 Å². The normalized spacial score (nSPS) is 37.1. The first-order chi connectivity index (χ1) is 12.8. The van der Waals surface area contributed by atoms with Gasteiger partial charge in [-0.25, -0.2) is 0 Å². The number of amides is 1. The molecule has 5 atom stereocenters. The number of fused-ring (bicyclic) bond motifs is 7. The molecule has 3 saturated carbocycles. The van der Waals surface area contributed by atoms with Crippen molar-refractivity contribution in [1.82, 2.24) is 4.90 Å². The Hall–Kier alpha value is -2.23. The number of carbonyl (C=O) groups excluding carboxylic acids is 1. The molecule has 0 unspecified atom stereocenters. The standard InChI is InChI=1S/C22H24N2O2/c25-21-18-6-1-2-9-20(18)23-22(24(21)13-15-5-4-10-26-15)12-14-11-19(22)17-8-3-7-16(14)17/h1-2,4-6,9-10,14,16-17,19,23H,3,7-8,11-13H2/t14-,16-,17+,19-,22-/m1/s1. The quantitative estimate of drug-likeness (QED) is 0.869. The molecule has 1 aliphatic heterocycles. The number of anilines is 1. The molecule has 26 heavy (non-hydrogen) atoms. The van der Waals surface area contributed by atoms with E-state index in [-0.39, 0.29) is 11.6 Å². The van der Waals surface area contributed by atoms with Crippen LogP contribution in [0.5, 0.6) is 0 Å². The van der Waals surface area contributed by atoms with Crippen molar-refractivity contribution in [2.75, 3.05) is 5.32 Å². The first-order valence-corrected chi connectivity index (χ1v) is 9.98. The minimum Gasteiger partial charge on any atom is -0.467 e. The smallest absolute Gasteiger partial charge is 0.258 e. The zero-order valence-electron chi connectivity index (χ0n) is 14.9. The van der Waals surface area contributed by atoms with Gasteiger partial charge in [-0.1, -0.05) is 18.6 Å². The van der Waals surface area contributed by atoms with E-state index in [1.807, 2.05) is 30.3 Å². The average Bonchev–Trinajstić information content (AvgIpc) is 3.40. The Balaban J connectivity index is 1.46. The van der Waals surface area contributed by atoms with Gasteiger partial charge in [0.15, 0.2) is 0 Å². The minimum atomic E-state index is -0.242. The zero-order valence-corrected chi connectivity index (χ0v) is 14.9. The second kappa shape index (κ2) is 5.15. The molecule has 0 radical (unpaired) electrons. The summed E-state index contributed by atoms with van der Waals surface area (Å²) in [5, 5.41) is 3.87. The highest BCUT2D eigenvalue weighted by Gasteiger charge is 2.65. The Labute approximate surface area is 153 Å². The summed E-state index contributed by atoms with van der Waals surface area (Å²) < 4.78 is 5.62. The van der Waals surface area contributed by atoms with Crippen LogP contribution in [0.15, 0.2) is 47.1 Å². The van der Waals surface area contributed by atoms with E-state index in [1.165, 1.54) is 25.7 Å². The van der Waals surface area contributed by atoms with Crippen LogP contribution in [0.3, 0.4) is 0 Å². The maximum Gasteiger partial charge on any atom is 0.258 e. The summed E-state index contributed by atoms with van der Waals surface area (Å²) >= 11 is 0. The molecular weight excluding hydrogens is 324 g/mol. The van der Waals surface area contributed by atoms with E-state index in [4.69, 9.17) is 4.42 Å². The number of rotatable bonds is 2. The minimum absolute atomic E-state index is 0.151. The predicted molar refractivity (Wildman–Crippen MR) is 98.4 cm³/mol. The second-order valence-electron chi connectivity index (χ2n) is 8.63. The van der Waals surface area contributed by atoms with Crippen LogP contribution in [-0.2, 0) is 6.54 Å². The van der Waals surface area contributed by atoms with Crippen molar-refractivity contribution in [3.05, 3.63) is 54.0 Å². The molecule has 3 aliphatic carbocycles. The Bertz CT molecular complexity index is 861. The molecule has 4 nitrogen and oxygen atoms in total. The first-order valence-electron chi connectivity index (χ1n) is 9.98. The molecule has 134 valence electrons. The highest BCUT2D eigenvalue weighted by Crippen LogP contribution is 2.64. The molecule has 1 aromatic carbocycles. The van der Waals surface area contributed by atoms with Gasteiger partial charge < -0.3 is 14.6 Å². The molecule has 2 bridgehead atoms. The summed E-state index contributed by atoms with van der Waals surface area (Å²) in [6.07, 6.45) is 8.14. The third-order valence-corrected chi connectivity index (χ3v) is 7.62. The lowest BCUT2D eigenvalue weighted by molar-refractivity contribution is 0.00831. The molecule has 4 heteroatoms. The monoisotopic (exact) mass is 348 g/mol. The number of nitrogens with zero attached hydrogens (tertiary/aromatic N) is 1. The van der Waals surface area contributed by atoms with Crippen molar-refractivity contribution in [3.63, 3.8) is 0 Å². The van der Waals surface area contributed by atoms with E-state index in [0.29, 0.717) is 12.5 Å². The molecule has 2 heterocycles. The van der Waals surface area contributed by atoms with Gasteiger partial charge in [-0.15, -0.1) is 0 Å². The van der Waals surface area contributed by atoms with Crippen LogP contribution >= 0.6 is 0 Å². The van der Waals surface area contributed by atoms with Gasteiger partial charge in [0.25, 0.3) is 5.91 Å². The molecule has 1 spiro atoms. The molecule has 0 saturated heterocycles. The van der Waals surface area contributed by atoms with Crippen LogP contribution in [0.25, 0.3) is 0 Å². The first kappa shape index (κ1) is 14.9. The van der Waals surface area contributed by atoms with Gasteiger partial charge >= 0.3 is 0 Å². The SMILES string of the molecule is O=C1c2ccccc2N[C@]2(C[C@H]3C[C@@H]2[C@H]2CCC[C@H]32)N1Cc1ccco1. The fraction of sp³-hybridized carbons (Fsp3) is 0.500. The van der Waals surface area contributed by atoms with Crippen LogP contribution in [-0.4, -0.2) is 16.5 Å². The van der Waals surface area contributed by atoms with Crippen molar-refractivity contribution in [3.8, 4) is 0 Å². The molecular formula is C22H24N2O2. The lowest BCUT2D eigenvalue weighted by Gasteiger charge is -2.53. The summed E-state index contributed by atoms with van der Waals surface area (Å²) in [5.41, 5.74) is 1.56. The summed E-state index contributed by atoms with van der Waals surface area (Å²) in [5.74, 6) is 4.01. The lowest BCUT2D eigenvalue weighted by Crippen LogP contribution is -2.64. The van der Waals surface area contributed by atoms with E-state index in [2.05, 4.69) is 16.3 Å². The zero-order chi connectivity index (χ0) is 17.3. The van der Waals surface area contributed by atoms with Gasteiger partial charge in [-0.2, -0.15) is 0 Å². The number of hydrogen-bond acceptors (Lipinski definition) is 3. The van der Waals surface area contributed by atoms with Gasteiger partial charge in [0.1, 0.15) is 11.4 Å². The maximum absolute atomic E-state index is 13.5. The lowest BCUT2D eigenvalue weighted by atomic mass is 9.73. The topological polar surface area (TPSA) is 45.5 Å². The Morgan fingerprint density at radius 3 is 2.92 bits per heavy atom. The van der Waals surface area contributed by atoms with Crippen molar-refractivity contribution >= 4 is 11.6 Å². The van der Waals surface area contributed by atoms with E-state index < -0.39 is 0 Å². The summed E-state index contributed by atoms with van der Waals surface area (Å²) in [6, 6.07) is 11.9. The fourth-order valence-electron chi connectivity index (χ4n) is 6.74. The van der Waals surface area contributed by atoms with E-state index >= 15 is 0 Å². The number of benzene rings is 1. The maximum atomic E-state index is 13.5. The fourth-order valence-corrected chi connectivity index (χ4v) is 6.74. The molecule has 2 aromatic rings. The molecule has 6 rings (SSSR count). The molecule has 1 amide bonds. The van der Waals surface area contributed by atoms with Crippen molar-refractivity contribution in [2.45, 2.75) is 44.3 Å². The predicted octanol–water partition coefficient (Wildman–Crippen LogP) is 4.50. The van der Waals surface area contributed by atoms with Crippen LogP contribution in [0.2, 0.25) is 0 Å². The average molecular weight is 348 g/mol. The van der Waals surface area contributed by atoms with Crippen LogP contribution in [0.1, 0.15) is 48.2 Å². The van der Waals surface area contributed by atoms with E-state index in [0.717, 1.165) is 41.2 Å². The molecule has 3 fully saturated rings. The van der Waals surface area contributed by atoms with Crippen molar-refractivity contribution < 1.29 is 9.21 Å². The number of carbonyl (C=O) groups is 1. The Morgan fingerprint density at radius 1 is 1.15 bits per heavy atom. The van der Waals surface area contributed by atoms with Gasteiger partial charge in [0.2, 0.25) is 0 Å². The van der Waals surface area contributed by atoms with Crippen LogP contribution in [0.4, 0.5) is 5.69 Å². The number of furan rings is 1. The third-order valence-electron chi connectivity index (χ3n) is 7.62. The Kier molecular flexibility index (Phi) is 2.95. The summed E-state index contributed by atoms with van der Waals surface area (Å²) in [7, 11) is 0. The van der Waals surface area contributed by atoms with Gasteiger partial charge in [0, 0.05) is 11.6 Å². The van der Waals surface area contributed by atoms with E-state index in [1.54, 1.807) is 6.26 Å². The van der Waals surface area contributed by atoms with Gasteiger partial charge in [-0.05, 0) is 67.7 Å². The molecule has 1 aromatic heterocycles. The molecule has 1 N–H and O–H groups in total. The Morgan fingerprint density at radius 2 is 2.04 bits per heavy atom. The van der Waals surface area contributed by atoms with Crippen molar-refractivity contribution in [2.24, 2.45) is 23.7 Å². The van der Waals surface area contributed by atoms with Crippen LogP contribution < -0.4 is 5.32 Å². The third kappa shape index (κ3) is 1.82. The number of para-hydroxylation sites is 1. The summed E-state index contributed by atoms with van der Waals surface area (Å²) in [6.45, 7) is 0.549. The largest absolute Gasteiger partial charge is 0.467 e. The van der Waals surface area contributed by atoms with Gasteiger partial charge in [0.05, 0.1) is 18.4 Å². The highest BCUT2D eigenvalue weighted by molar-refractivity contribution is 6.02. The van der Waals surface area contributed by atoms with Crippen LogP contribution in [0, 0.1) is 23.7 Å². The highest BCUT2D eigenvalue weighted by atomic mass is 16.3. The van der Waals surface area contributed by atoms with Crippen molar-refractivity contribution in [1.29, 1.82) is 0 Å².